The topological polar surface area (TPSA) is 50.7 Å². The highest BCUT2D eigenvalue weighted by molar-refractivity contribution is 4.83. The van der Waals surface area contributed by atoms with Crippen molar-refractivity contribution in [3.63, 3.8) is 0 Å². The summed E-state index contributed by atoms with van der Waals surface area (Å²) >= 11 is 0. The van der Waals surface area contributed by atoms with Crippen LogP contribution in [0.5, 0.6) is 0 Å². The van der Waals surface area contributed by atoms with Crippen molar-refractivity contribution >= 4 is 0 Å². The molecule has 0 atom stereocenters. The Morgan fingerprint density at radius 1 is 1.11 bits per heavy atom. The molecule has 46 valence electrons. The van der Waals surface area contributed by atoms with E-state index in [0.29, 0.717) is 0 Å². The molecule has 0 radical (unpaired) electrons. The third kappa shape index (κ3) is 3.06. The number of aromatic nitrogens is 1. The molecule has 3 nitrogen and oxygen atoms in total. The molecular weight excluding hydrogens is 116 g/mol. The van der Waals surface area contributed by atoms with Gasteiger partial charge in [0.25, 0.3) is 0 Å². The van der Waals surface area contributed by atoms with Crippen molar-refractivity contribution in [1.29, 1.82) is 5.26 Å². The number of pyridine rings is 1. The lowest BCUT2D eigenvalue weighted by atomic mass is 10.5. The van der Waals surface area contributed by atoms with Crippen LogP contribution in [-0.4, -0.2) is 0 Å². The van der Waals surface area contributed by atoms with Crippen LogP contribution in [0.2, 0.25) is 0 Å². The minimum atomic E-state index is 0.750. The Balaban J connectivity index is 0.000000291. The third-order valence-electron chi connectivity index (χ3n) is 0.688. The zero-order valence-electron chi connectivity index (χ0n) is 4.77. The van der Waals surface area contributed by atoms with Gasteiger partial charge in [0.1, 0.15) is 0 Å². The molecule has 1 aromatic rings. The number of nitrogens with zero attached hydrogens (tertiary/aromatic N) is 2. The molecule has 1 rings (SSSR count). The first-order valence-corrected chi connectivity index (χ1v) is 2.29. The van der Waals surface area contributed by atoms with E-state index in [1.807, 2.05) is 0 Å². The zero-order chi connectivity index (χ0) is 7.11. The van der Waals surface area contributed by atoms with Crippen LogP contribution >= 0.6 is 0 Å². The molecule has 0 amide bonds. The summed E-state index contributed by atoms with van der Waals surface area (Å²) in [5.41, 5.74) is 0. The summed E-state index contributed by atoms with van der Waals surface area (Å²) < 4.78 is 0.750. The predicted octanol–water partition coefficient (Wildman–Crippen LogP) is 0.460. The first-order valence-electron chi connectivity index (χ1n) is 2.29. The minimum absolute atomic E-state index is 0.750. The van der Waals surface area contributed by atoms with Gasteiger partial charge in [0.15, 0.2) is 12.4 Å². The van der Waals surface area contributed by atoms with Gasteiger partial charge in [0, 0.05) is 18.7 Å². The fourth-order valence-electron chi connectivity index (χ4n) is 0.383. The molecule has 0 aliphatic heterocycles. The molecule has 0 unspecified atom stereocenters. The van der Waals surface area contributed by atoms with E-state index in [1.54, 1.807) is 18.2 Å². The van der Waals surface area contributed by atoms with Gasteiger partial charge in [-0.25, -0.2) is 5.26 Å². The number of hydrogen-bond donors (Lipinski definition) is 0. The normalized spacial score (nSPS) is 6.89. The van der Waals surface area contributed by atoms with E-state index in [1.165, 1.54) is 12.4 Å². The molecule has 9 heavy (non-hydrogen) atoms. The summed E-state index contributed by atoms with van der Waals surface area (Å²) in [7, 11) is 0. The SMILES string of the molecule is C#N.[O-][n+]1ccccc1. The average Bonchev–Trinajstić information content (AvgIpc) is 1.94. The van der Waals surface area contributed by atoms with Gasteiger partial charge >= 0.3 is 0 Å². The third-order valence-corrected chi connectivity index (χ3v) is 0.688. The van der Waals surface area contributed by atoms with Gasteiger partial charge in [-0.2, -0.15) is 4.73 Å². The van der Waals surface area contributed by atoms with Crippen LogP contribution in [0, 0.1) is 17.0 Å². The quantitative estimate of drug-likeness (QED) is 0.370. The Morgan fingerprint density at radius 2 is 1.56 bits per heavy atom. The summed E-state index contributed by atoms with van der Waals surface area (Å²) in [6.45, 7) is 3.50. The minimum Gasteiger partial charge on any atom is -0.619 e. The summed E-state index contributed by atoms with van der Waals surface area (Å²) in [6, 6.07) is 5.18. The van der Waals surface area contributed by atoms with Crippen LogP contribution in [0.15, 0.2) is 30.6 Å². The first kappa shape index (κ1) is 7.44. The Kier molecular flexibility index (Phi) is 3.80. The molecule has 0 saturated carbocycles. The highest BCUT2D eigenvalue weighted by atomic mass is 16.5. The highest BCUT2D eigenvalue weighted by Gasteiger charge is 1.74. The molecule has 0 N–H and O–H groups in total. The number of hydrogen-bond acceptors (Lipinski definition) is 2. The van der Waals surface area contributed by atoms with Gasteiger partial charge in [-0.1, -0.05) is 6.07 Å². The second kappa shape index (κ2) is 4.60. The van der Waals surface area contributed by atoms with Crippen molar-refractivity contribution in [3.05, 3.63) is 35.8 Å². The molecule has 0 spiro atoms. The van der Waals surface area contributed by atoms with Crippen molar-refractivity contribution in [2.45, 2.75) is 0 Å². The second-order valence-electron chi connectivity index (χ2n) is 1.24. The van der Waals surface area contributed by atoms with Crippen LogP contribution < -0.4 is 4.73 Å². The van der Waals surface area contributed by atoms with Gasteiger partial charge < -0.3 is 5.21 Å². The highest BCUT2D eigenvalue weighted by Crippen LogP contribution is 1.72. The Bertz CT molecular complexity index is 171. The van der Waals surface area contributed by atoms with Gasteiger partial charge in [-0.3, -0.25) is 0 Å². The van der Waals surface area contributed by atoms with Gasteiger partial charge in [-0.05, 0) is 0 Å². The fourth-order valence-corrected chi connectivity index (χ4v) is 0.383. The van der Waals surface area contributed by atoms with Crippen LogP contribution in [0.1, 0.15) is 0 Å². The molecule has 0 fully saturated rings. The number of rotatable bonds is 0. The van der Waals surface area contributed by atoms with Crippen molar-refractivity contribution < 1.29 is 4.73 Å². The summed E-state index contributed by atoms with van der Waals surface area (Å²) in [6.07, 6.45) is 2.89. The maximum Gasteiger partial charge on any atom is 0.180 e. The van der Waals surface area contributed by atoms with Gasteiger partial charge in [-0.15, -0.1) is 0 Å². The zero-order valence-corrected chi connectivity index (χ0v) is 4.77. The monoisotopic (exact) mass is 122 g/mol. The lowest BCUT2D eigenvalue weighted by Gasteiger charge is -1.88. The molecule has 0 aromatic carbocycles. The van der Waals surface area contributed by atoms with Crippen LogP contribution in [0.4, 0.5) is 0 Å². The molecule has 0 saturated heterocycles. The van der Waals surface area contributed by atoms with Gasteiger partial charge in [0.2, 0.25) is 0 Å². The Morgan fingerprint density at radius 3 is 1.78 bits per heavy atom. The van der Waals surface area contributed by atoms with E-state index in [4.69, 9.17) is 5.26 Å². The van der Waals surface area contributed by atoms with Crippen molar-refractivity contribution in [2.75, 3.05) is 0 Å². The molecule has 0 aliphatic rings. The lowest BCUT2D eigenvalue weighted by Crippen LogP contribution is -2.22. The summed E-state index contributed by atoms with van der Waals surface area (Å²) in [4.78, 5) is 0. The fraction of sp³-hybridized carbons (Fsp3) is 0. The predicted molar refractivity (Wildman–Crippen MR) is 32.1 cm³/mol. The van der Waals surface area contributed by atoms with Crippen molar-refractivity contribution in [1.82, 2.24) is 0 Å². The van der Waals surface area contributed by atoms with Crippen molar-refractivity contribution in [2.24, 2.45) is 0 Å². The van der Waals surface area contributed by atoms with Crippen molar-refractivity contribution in [3.8, 4) is 6.57 Å². The van der Waals surface area contributed by atoms with E-state index in [-0.39, 0.29) is 0 Å². The number of nitriles is 1. The van der Waals surface area contributed by atoms with Crippen LogP contribution in [-0.2, 0) is 0 Å². The van der Waals surface area contributed by atoms with E-state index in [0.717, 1.165) is 4.73 Å². The molecule has 1 aromatic heterocycles. The second-order valence-corrected chi connectivity index (χ2v) is 1.24. The lowest BCUT2D eigenvalue weighted by molar-refractivity contribution is -0.605. The van der Waals surface area contributed by atoms with E-state index in [2.05, 4.69) is 6.57 Å². The Labute approximate surface area is 53.4 Å². The van der Waals surface area contributed by atoms with E-state index in [9.17, 15) is 5.21 Å². The van der Waals surface area contributed by atoms with Crippen LogP contribution in [0.3, 0.4) is 0 Å². The molecular formula is C6H6N2O. The maximum atomic E-state index is 10.2. The smallest absolute Gasteiger partial charge is 0.180 e. The van der Waals surface area contributed by atoms with E-state index < -0.39 is 0 Å². The Hall–Kier alpha value is -1.56. The summed E-state index contributed by atoms with van der Waals surface area (Å²) in [5, 5.41) is 16.7. The molecule has 1 heterocycles. The standard InChI is InChI=1S/C5H5NO.CHN/c7-6-4-2-1-3-5-6;1-2/h1-5H;1H. The first-order chi connectivity index (χ1) is 4.39. The maximum absolute atomic E-state index is 10.2. The summed E-state index contributed by atoms with van der Waals surface area (Å²) in [5.74, 6) is 0. The van der Waals surface area contributed by atoms with Crippen LogP contribution in [0.25, 0.3) is 0 Å². The largest absolute Gasteiger partial charge is 0.619 e. The molecule has 3 heteroatoms. The molecule has 0 aliphatic carbocycles. The molecule has 0 bridgehead atoms. The van der Waals surface area contributed by atoms with Gasteiger partial charge in [0.05, 0.1) is 0 Å². The average molecular weight is 122 g/mol. The van der Waals surface area contributed by atoms with E-state index >= 15 is 0 Å².